The van der Waals surface area contributed by atoms with E-state index in [0.29, 0.717) is 56.9 Å². The zero-order valence-electron chi connectivity index (χ0n) is 25.3. The van der Waals surface area contributed by atoms with Gasteiger partial charge in [-0.2, -0.15) is 8.42 Å². The van der Waals surface area contributed by atoms with Crippen LogP contribution in [0.2, 0.25) is 1.41 Å². The van der Waals surface area contributed by atoms with Crippen LogP contribution in [0.3, 0.4) is 0 Å². The molecule has 14 nitrogen and oxygen atoms in total. The maximum Gasteiger partial charge on any atom is 0.404 e. The Morgan fingerprint density at radius 1 is 0.860 bits per heavy atom. The first-order valence-electron chi connectivity index (χ1n) is 13.7. The third-order valence-electron chi connectivity index (χ3n) is 5.83. The smallest absolute Gasteiger partial charge is 0.404 e. The van der Waals surface area contributed by atoms with Crippen LogP contribution in [0, 0.1) is 0 Å². The largest absolute Gasteiger partial charge is 0.449 e. The Kier molecular flexibility index (Phi) is 14.3. The molecule has 5 N–H and O–H groups in total. The van der Waals surface area contributed by atoms with Crippen molar-refractivity contribution in [3.8, 4) is 11.1 Å². The van der Waals surface area contributed by atoms with Gasteiger partial charge in [-0.3, -0.25) is 14.1 Å². The lowest BCUT2D eigenvalue weighted by Crippen LogP contribution is -2.20. The van der Waals surface area contributed by atoms with Crippen molar-refractivity contribution < 1.29 is 52.5 Å². The fraction of sp³-hybridized carbons (Fsp3) is 0.464. The van der Waals surface area contributed by atoms with Crippen molar-refractivity contribution in [3.63, 3.8) is 0 Å². The molecule has 2 aromatic rings. The van der Waals surface area contributed by atoms with E-state index in [1.54, 1.807) is 32.1 Å². The first kappa shape index (κ1) is 33.9. The topological polar surface area (TPSA) is 202 Å². The van der Waals surface area contributed by atoms with Crippen molar-refractivity contribution in [1.82, 2.24) is 0 Å². The second kappa shape index (κ2) is 18.1. The van der Waals surface area contributed by atoms with E-state index in [2.05, 4.69) is 10.6 Å². The standard InChI is InChI=1S/C27H35N3O8.CH4O3S/c1-34-9-3-11-36-16-25(31)29-18-5-7-20-21-8-6-19(30-26(32)17-37-12-4-10-35-2)14-23(21)24(22(20)13-18)15-38-27(28)33;1-5(2,3)4/h5-8,13-14,24H,3-4,9-12,15-17H2,1-2H3,(H2,28,33)(H,29,31)(H,30,32);1H3,(H,2,3,4)/i/hD. The van der Waals surface area contributed by atoms with Gasteiger partial charge in [-0.1, -0.05) is 12.1 Å². The highest BCUT2D eigenvalue weighted by atomic mass is 32.2. The number of benzene rings is 2. The van der Waals surface area contributed by atoms with E-state index in [4.69, 9.17) is 29.6 Å². The maximum atomic E-state index is 12.4. The number of hydrogen-bond donors (Lipinski definition) is 4. The normalized spacial score (nSPS) is 12.2. The Morgan fingerprint density at radius 2 is 1.30 bits per heavy atom. The summed E-state index contributed by atoms with van der Waals surface area (Å²) in [5, 5.41) is 5.66. The van der Waals surface area contributed by atoms with E-state index in [0.717, 1.165) is 22.3 Å². The molecule has 0 saturated heterocycles. The summed E-state index contributed by atoms with van der Waals surface area (Å²) in [6.45, 7) is 1.73. The Hall–Kier alpha value is -3.60. The van der Waals surface area contributed by atoms with Gasteiger partial charge in [-0.05, 0) is 59.4 Å². The monoisotopic (exact) mass is 626 g/mol. The number of methoxy groups -OCH3 is 2. The summed E-state index contributed by atoms with van der Waals surface area (Å²) in [5.41, 5.74) is 6.36. The molecule has 43 heavy (non-hydrogen) atoms. The number of amides is 3. The van der Waals surface area contributed by atoms with Gasteiger partial charge in [0.25, 0.3) is 10.1 Å². The Labute approximate surface area is 252 Å². The molecule has 0 saturated carbocycles. The fourth-order valence-electron chi connectivity index (χ4n) is 4.19. The van der Waals surface area contributed by atoms with Crippen LogP contribution in [-0.2, 0) is 43.4 Å². The van der Waals surface area contributed by atoms with Gasteiger partial charge in [0.2, 0.25) is 11.8 Å². The molecule has 0 fully saturated rings. The molecule has 0 unspecified atom stereocenters. The molecule has 1 aliphatic carbocycles. The van der Waals surface area contributed by atoms with E-state index in [-0.39, 0.29) is 37.6 Å². The second-order valence-electron chi connectivity index (χ2n) is 9.38. The Morgan fingerprint density at radius 3 is 1.70 bits per heavy atom. The maximum absolute atomic E-state index is 12.4. The molecule has 238 valence electrons. The summed E-state index contributed by atoms with van der Waals surface area (Å²) in [4.78, 5) is 36.4. The van der Waals surface area contributed by atoms with Gasteiger partial charge in [0, 0.05) is 57.9 Å². The SMILES string of the molecule is CS(=O)(=O)O.[2H]NC(=O)OCC1c2cc(NC(=O)COCCCOC)ccc2-c2ccc(NC(=O)COCCCOC)cc21. The summed E-state index contributed by atoms with van der Waals surface area (Å²) in [6, 6.07) is 11.0. The van der Waals surface area contributed by atoms with Crippen LogP contribution in [0.4, 0.5) is 16.2 Å². The van der Waals surface area contributed by atoms with E-state index in [1.807, 2.05) is 24.3 Å². The lowest BCUT2D eigenvalue weighted by molar-refractivity contribution is -0.121. The average molecular weight is 627 g/mol. The van der Waals surface area contributed by atoms with Crippen molar-refractivity contribution in [3.05, 3.63) is 47.5 Å². The number of anilines is 2. The van der Waals surface area contributed by atoms with E-state index in [9.17, 15) is 22.8 Å². The van der Waals surface area contributed by atoms with Crippen LogP contribution in [0.25, 0.3) is 11.1 Å². The highest BCUT2D eigenvalue weighted by Gasteiger charge is 2.30. The van der Waals surface area contributed by atoms with Crippen LogP contribution >= 0.6 is 0 Å². The summed E-state index contributed by atoms with van der Waals surface area (Å²) < 4.78 is 58.8. The summed E-state index contributed by atoms with van der Waals surface area (Å²) in [6.07, 6.45) is 1.22. The van der Waals surface area contributed by atoms with E-state index >= 15 is 0 Å². The number of nitrogens with two attached hydrogens (primary N) is 1. The van der Waals surface area contributed by atoms with Crippen molar-refractivity contribution in [2.75, 3.05) is 77.4 Å². The Bertz CT molecular complexity index is 1270. The molecule has 0 aromatic heterocycles. The summed E-state index contributed by atoms with van der Waals surface area (Å²) in [7, 11) is -0.454. The highest BCUT2D eigenvalue weighted by Crippen LogP contribution is 2.46. The first-order chi connectivity index (χ1) is 21.0. The number of carbonyl (C=O) groups excluding carboxylic acids is 3. The van der Waals surface area contributed by atoms with Gasteiger partial charge >= 0.3 is 6.09 Å². The van der Waals surface area contributed by atoms with Crippen molar-refractivity contribution in [1.29, 1.82) is 0 Å². The number of hydrogen-bond acceptors (Lipinski definition) is 10. The number of rotatable bonds is 16. The van der Waals surface area contributed by atoms with Crippen LogP contribution in [-0.4, -0.2) is 97.6 Å². The third-order valence-corrected chi connectivity index (χ3v) is 5.83. The first-order valence-corrected chi connectivity index (χ1v) is 15.1. The lowest BCUT2D eigenvalue weighted by atomic mass is 9.97. The molecule has 1 aliphatic rings. The highest BCUT2D eigenvalue weighted by molar-refractivity contribution is 7.85. The summed E-state index contributed by atoms with van der Waals surface area (Å²) >= 11 is 0. The fourth-order valence-corrected chi connectivity index (χ4v) is 4.19. The molecule has 0 spiro atoms. The van der Waals surface area contributed by atoms with Crippen LogP contribution in [0.5, 0.6) is 0 Å². The summed E-state index contributed by atoms with van der Waals surface area (Å²) in [5.74, 6) is -0.964. The minimum absolute atomic E-state index is 0.0370. The molecule has 2 aromatic carbocycles. The minimum atomic E-state index is -3.67. The number of ether oxygens (including phenoxy) is 5. The predicted octanol–water partition coefficient (Wildman–Crippen LogP) is 2.38. The number of primary amides is 1. The average Bonchev–Trinajstić information content (AvgIpc) is 3.26. The third kappa shape index (κ3) is 13.5. The molecular weight excluding hydrogens is 586 g/mol. The number of carbonyl (C=O) groups is 3. The quantitative estimate of drug-likeness (QED) is 0.157. The minimum Gasteiger partial charge on any atom is -0.449 e. The van der Waals surface area contributed by atoms with E-state index < -0.39 is 16.2 Å². The van der Waals surface area contributed by atoms with Crippen molar-refractivity contribution >= 4 is 39.4 Å². The van der Waals surface area contributed by atoms with Crippen molar-refractivity contribution in [2.24, 2.45) is 5.73 Å². The van der Waals surface area contributed by atoms with Gasteiger partial charge in [0.15, 0.2) is 1.41 Å². The van der Waals surface area contributed by atoms with Crippen LogP contribution in [0.15, 0.2) is 36.4 Å². The van der Waals surface area contributed by atoms with Crippen LogP contribution in [0.1, 0.15) is 29.9 Å². The van der Waals surface area contributed by atoms with Crippen molar-refractivity contribution in [2.45, 2.75) is 18.8 Å². The zero-order valence-corrected chi connectivity index (χ0v) is 25.2. The van der Waals surface area contributed by atoms with Gasteiger partial charge < -0.3 is 40.0 Å². The molecule has 0 bridgehead atoms. The number of nitrogens with one attached hydrogen (secondary N) is 2. The molecule has 0 radical (unpaired) electrons. The van der Waals surface area contributed by atoms with Crippen LogP contribution < -0.4 is 16.4 Å². The molecule has 0 heterocycles. The molecule has 0 atom stereocenters. The molecule has 3 rings (SSSR count). The lowest BCUT2D eigenvalue weighted by Gasteiger charge is -2.15. The Balaban J connectivity index is 0.00000125. The van der Waals surface area contributed by atoms with E-state index in [1.165, 1.54) is 0 Å². The van der Waals surface area contributed by atoms with Gasteiger partial charge in [0.05, 0.1) is 6.26 Å². The molecule has 15 heteroatoms. The molecule has 3 amide bonds. The number of fused-ring (bicyclic) bond motifs is 3. The zero-order chi connectivity index (χ0) is 32.5. The predicted molar refractivity (Wildman–Crippen MR) is 159 cm³/mol. The van der Waals surface area contributed by atoms with Gasteiger partial charge in [-0.25, -0.2) is 4.79 Å². The molecular formula is C28H39N3O11S. The van der Waals surface area contributed by atoms with Gasteiger partial charge in [-0.15, -0.1) is 0 Å². The molecule has 0 aliphatic heterocycles. The van der Waals surface area contributed by atoms with Gasteiger partial charge in [0.1, 0.15) is 19.8 Å². The second-order valence-corrected chi connectivity index (χ2v) is 10.8.